The first-order valence-electron chi connectivity index (χ1n) is 9.15. The molecule has 6 nitrogen and oxygen atoms in total. The first-order chi connectivity index (χ1) is 13.9. The summed E-state index contributed by atoms with van der Waals surface area (Å²) in [6, 6.07) is 6.72. The number of anilines is 1. The minimum Gasteiger partial charge on any atom is -0.360 e. The maximum atomic E-state index is 12.6. The lowest BCUT2D eigenvalue weighted by Crippen LogP contribution is -2.41. The zero-order valence-electron chi connectivity index (χ0n) is 15.5. The number of rotatable bonds is 7. The number of aromatic nitrogens is 1. The van der Waals surface area contributed by atoms with Gasteiger partial charge in [0.2, 0.25) is 5.91 Å². The number of nitriles is 1. The zero-order chi connectivity index (χ0) is 20.9. The van der Waals surface area contributed by atoms with Crippen molar-refractivity contribution in [3.05, 3.63) is 35.2 Å². The van der Waals surface area contributed by atoms with Crippen LogP contribution in [0, 0.1) is 11.3 Å². The van der Waals surface area contributed by atoms with Crippen molar-refractivity contribution in [3.63, 3.8) is 0 Å². The Labute approximate surface area is 170 Å². The molecule has 2 heterocycles. The summed E-state index contributed by atoms with van der Waals surface area (Å²) in [7, 11) is 0. The molecule has 0 radical (unpaired) electrons. The Balaban J connectivity index is 1.42. The van der Waals surface area contributed by atoms with Gasteiger partial charge in [0.1, 0.15) is 6.04 Å². The SMILES string of the molecule is N#CC1CCCN1C(=O)CNCCNc1nc(-c2ccc(C(F)(F)F)cc2)cs1. The van der Waals surface area contributed by atoms with Gasteiger partial charge in [0, 0.05) is 30.6 Å². The Morgan fingerprint density at radius 3 is 2.76 bits per heavy atom. The standard InChI is InChI=1S/C19H20F3N5OS/c20-19(21,22)14-5-3-13(4-6-14)16-12-29-18(26-16)25-8-7-24-11-17(28)27-9-1-2-15(27)10-23/h3-6,12,15,24H,1-2,7-9,11H2,(H,25,26). The van der Waals surface area contributed by atoms with E-state index in [2.05, 4.69) is 21.7 Å². The summed E-state index contributed by atoms with van der Waals surface area (Å²) in [5, 5.41) is 17.6. The van der Waals surface area contributed by atoms with Gasteiger partial charge in [-0.1, -0.05) is 12.1 Å². The zero-order valence-corrected chi connectivity index (χ0v) is 16.3. The number of hydrogen-bond donors (Lipinski definition) is 2. The number of thiazole rings is 1. The second kappa shape index (κ2) is 9.24. The smallest absolute Gasteiger partial charge is 0.360 e. The first kappa shape index (κ1) is 21.1. The average molecular weight is 423 g/mol. The number of alkyl halides is 3. The number of amides is 1. The summed E-state index contributed by atoms with van der Waals surface area (Å²) in [5.41, 5.74) is 0.528. The summed E-state index contributed by atoms with van der Waals surface area (Å²) in [6.45, 7) is 1.87. The Morgan fingerprint density at radius 1 is 1.31 bits per heavy atom. The molecule has 1 unspecified atom stereocenters. The van der Waals surface area contributed by atoms with Crippen molar-refractivity contribution in [2.75, 3.05) is 31.5 Å². The van der Waals surface area contributed by atoms with Crippen LogP contribution in [0.3, 0.4) is 0 Å². The highest BCUT2D eigenvalue weighted by atomic mass is 32.1. The maximum absolute atomic E-state index is 12.6. The normalized spacial score (nSPS) is 16.6. The van der Waals surface area contributed by atoms with Gasteiger partial charge in [-0.15, -0.1) is 11.3 Å². The fourth-order valence-corrected chi connectivity index (χ4v) is 3.82. The fraction of sp³-hybridized carbons (Fsp3) is 0.421. The molecule has 1 atom stereocenters. The van der Waals surface area contributed by atoms with Crippen LogP contribution in [0.15, 0.2) is 29.6 Å². The van der Waals surface area contributed by atoms with Crippen molar-refractivity contribution in [3.8, 4) is 17.3 Å². The van der Waals surface area contributed by atoms with Gasteiger partial charge in [-0.2, -0.15) is 18.4 Å². The lowest BCUT2D eigenvalue weighted by atomic mass is 10.1. The van der Waals surface area contributed by atoms with Crippen LogP contribution < -0.4 is 10.6 Å². The molecular formula is C19H20F3N5OS. The highest BCUT2D eigenvalue weighted by Crippen LogP contribution is 2.31. The van der Waals surface area contributed by atoms with Gasteiger partial charge in [-0.05, 0) is 25.0 Å². The second-order valence-electron chi connectivity index (χ2n) is 6.59. The van der Waals surface area contributed by atoms with Crippen LogP contribution >= 0.6 is 11.3 Å². The second-order valence-corrected chi connectivity index (χ2v) is 7.45. The molecule has 0 spiro atoms. The van der Waals surface area contributed by atoms with Crippen molar-refractivity contribution < 1.29 is 18.0 Å². The van der Waals surface area contributed by atoms with E-state index in [1.165, 1.54) is 23.5 Å². The molecule has 1 fully saturated rings. The number of hydrogen-bond acceptors (Lipinski definition) is 6. The van der Waals surface area contributed by atoms with Crippen molar-refractivity contribution in [1.29, 1.82) is 5.26 Å². The Hall–Kier alpha value is -2.64. The fourth-order valence-electron chi connectivity index (χ4n) is 3.07. The molecule has 2 N–H and O–H groups in total. The predicted octanol–water partition coefficient (Wildman–Crippen LogP) is 3.34. The third kappa shape index (κ3) is 5.46. The largest absolute Gasteiger partial charge is 0.416 e. The van der Waals surface area contributed by atoms with Gasteiger partial charge in [0.05, 0.1) is 23.9 Å². The number of benzene rings is 1. The van der Waals surface area contributed by atoms with E-state index in [1.54, 1.807) is 10.3 Å². The van der Waals surface area contributed by atoms with Crippen LogP contribution in [0.5, 0.6) is 0 Å². The Kier molecular flexibility index (Phi) is 6.71. The molecule has 10 heteroatoms. The minimum absolute atomic E-state index is 0.0760. The van der Waals surface area contributed by atoms with Gasteiger partial charge in [0.25, 0.3) is 0 Å². The number of likely N-dealkylation sites (tertiary alicyclic amines) is 1. The summed E-state index contributed by atoms with van der Waals surface area (Å²) in [6.07, 6.45) is -2.77. The van der Waals surface area contributed by atoms with E-state index in [-0.39, 0.29) is 18.5 Å². The summed E-state index contributed by atoms with van der Waals surface area (Å²) >= 11 is 1.36. The van der Waals surface area contributed by atoms with E-state index >= 15 is 0 Å². The van der Waals surface area contributed by atoms with Gasteiger partial charge in [-0.25, -0.2) is 4.98 Å². The summed E-state index contributed by atoms with van der Waals surface area (Å²) in [4.78, 5) is 18.1. The molecule has 154 valence electrons. The van der Waals surface area contributed by atoms with E-state index in [4.69, 9.17) is 5.26 Å². The van der Waals surface area contributed by atoms with Gasteiger partial charge < -0.3 is 15.5 Å². The number of carbonyl (C=O) groups excluding carboxylic acids is 1. The first-order valence-corrected chi connectivity index (χ1v) is 10.0. The molecule has 1 aromatic heterocycles. The van der Waals surface area contributed by atoms with Gasteiger partial charge in [-0.3, -0.25) is 4.79 Å². The van der Waals surface area contributed by atoms with Crippen LogP contribution in [-0.4, -0.2) is 48.0 Å². The van der Waals surface area contributed by atoms with E-state index in [0.717, 1.165) is 25.0 Å². The predicted molar refractivity (Wildman–Crippen MR) is 104 cm³/mol. The van der Waals surface area contributed by atoms with Crippen molar-refractivity contribution >= 4 is 22.4 Å². The van der Waals surface area contributed by atoms with E-state index < -0.39 is 11.7 Å². The molecule has 1 saturated heterocycles. The molecule has 2 aromatic rings. The Morgan fingerprint density at radius 2 is 2.07 bits per heavy atom. The number of halogens is 3. The number of carbonyl (C=O) groups is 1. The molecule has 0 bridgehead atoms. The minimum atomic E-state index is -4.36. The molecule has 0 aliphatic carbocycles. The lowest BCUT2D eigenvalue weighted by molar-refractivity contribution is -0.137. The van der Waals surface area contributed by atoms with E-state index in [1.807, 2.05) is 0 Å². The number of nitrogens with one attached hydrogen (secondary N) is 2. The quantitative estimate of drug-likeness (QED) is 0.668. The van der Waals surface area contributed by atoms with Crippen molar-refractivity contribution in [2.45, 2.75) is 25.1 Å². The van der Waals surface area contributed by atoms with Crippen molar-refractivity contribution in [1.82, 2.24) is 15.2 Å². The lowest BCUT2D eigenvalue weighted by Gasteiger charge is -2.19. The van der Waals surface area contributed by atoms with Crippen LogP contribution in [0.4, 0.5) is 18.3 Å². The van der Waals surface area contributed by atoms with E-state index in [9.17, 15) is 18.0 Å². The number of nitrogens with zero attached hydrogens (tertiary/aromatic N) is 3. The Bertz CT molecular complexity index is 875. The molecule has 1 aliphatic rings. The van der Waals surface area contributed by atoms with Crippen LogP contribution in [-0.2, 0) is 11.0 Å². The van der Waals surface area contributed by atoms with E-state index in [0.29, 0.717) is 36.0 Å². The molecule has 29 heavy (non-hydrogen) atoms. The van der Waals surface area contributed by atoms with Crippen LogP contribution in [0.2, 0.25) is 0 Å². The average Bonchev–Trinajstić information content (AvgIpc) is 3.36. The maximum Gasteiger partial charge on any atom is 0.416 e. The van der Waals surface area contributed by atoms with Crippen molar-refractivity contribution in [2.24, 2.45) is 0 Å². The highest BCUT2D eigenvalue weighted by Gasteiger charge is 2.30. The topological polar surface area (TPSA) is 81.0 Å². The monoisotopic (exact) mass is 423 g/mol. The third-order valence-electron chi connectivity index (χ3n) is 4.59. The molecule has 1 aliphatic heterocycles. The molecule has 1 amide bonds. The molecule has 3 rings (SSSR count). The molecule has 1 aromatic carbocycles. The van der Waals surface area contributed by atoms with Gasteiger partial charge in [0.15, 0.2) is 5.13 Å². The summed E-state index contributed by atoms with van der Waals surface area (Å²) < 4.78 is 37.9. The van der Waals surface area contributed by atoms with Crippen LogP contribution in [0.25, 0.3) is 11.3 Å². The third-order valence-corrected chi connectivity index (χ3v) is 5.39. The molecular weight excluding hydrogens is 403 g/mol. The molecule has 0 saturated carbocycles. The van der Waals surface area contributed by atoms with Gasteiger partial charge >= 0.3 is 6.18 Å². The highest BCUT2D eigenvalue weighted by molar-refractivity contribution is 7.14. The summed E-state index contributed by atoms with van der Waals surface area (Å²) in [5.74, 6) is -0.0760. The van der Waals surface area contributed by atoms with Crippen LogP contribution in [0.1, 0.15) is 18.4 Å².